The number of ether oxygens (including phenoxy) is 17. The van der Waals surface area contributed by atoms with Crippen molar-refractivity contribution >= 4 is 23.7 Å². The molecular weight excluding hydrogens is 1550 g/mol. The molecule has 9 saturated heterocycles. The van der Waals surface area contributed by atoms with Gasteiger partial charge in [0.15, 0.2) is 50.3 Å². The summed E-state index contributed by atoms with van der Waals surface area (Å²) in [6, 6.07) is -5.67. The maximum absolute atomic E-state index is 13.6. The van der Waals surface area contributed by atoms with Crippen molar-refractivity contribution in [1.82, 2.24) is 16.0 Å². The van der Waals surface area contributed by atoms with Crippen LogP contribution in [0.5, 0.6) is 0 Å². The number of nitrogens with one attached hydrogen (secondary N) is 3. The van der Waals surface area contributed by atoms with E-state index in [0.29, 0.717) is 0 Å². The molecule has 50 heteroatoms. The molecule has 3 amide bonds. The van der Waals surface area contributed by atoms with Crippen LogP contribution in [-0.2, 0) is 99.7 Å². The third kappa shape index (κ3) is 20.3. The van der Waals surface area contributed by atoms with E-state index in [0.717, 1.165) is 20.8 Å². The quantitative estimate of drug-likeness (QED) is 0.0331. The summed E-state index contributed by atoms with van der Waals surface area (Å²) in [4.78, 5) is 51.7. The van der Waals surface area contributed by atoms with Crippen molar-refractivity contribution in [3.8, 4) is 0 Å². The summed E-state index contributed by atoms with van der Waals surface area (Å²) >= 11 is 0. The molecule has 654 valence electrons. The molecule has 0 aromatic carbocycles. The number of rotatable bonds is 29. The van der Waals surface area contributed by atoms with Crippen molar-refractivity contribution in [3.05, 3.63) is 0 Å². The van der Waals surface area contributed by atoms with Crippen LogP contribution < -0.4 is 16.0 Å². The molecule has 0 aromatic rings. The average Bonchev–Trinajstić information content (AvgIpc) is 0.744. The maximum Gasteiger partial charge on any atom is 0.364 e. The summed E-state index contributed by atoms with van der Waals surface area (Å²) in [6.45, 7) is -2.81. The number of aliphatic hydroxyl groups excluding tert-OH is 25. The SMILES string of the molecule is CC(=O)N[C@H]1[C@H](OC[C@H]2O[C@@H](O[C@H]3[C@H](O)[C@@H](O)[C@H](O)O[C@@H]3CO)[C@H](O)[C@@H](O[C@@H]3O[C@H](CO)[C@@H](O[C@@H]4O[C@H](CO)[C@H](O)[C@H](O)[C@H]4O[C@@H]4O[C@@H](C)[C@@H](O)[C@@H](O)[C@@H]4O)[C@H](O[C@@H]4O[C@@H](C)[C@@H](O)[C@@H](O)[C@@H]4O)[C@H]3NC(C)=O)[C@H]2O)O[C@H](CO)[C@@H](O[C@@H]2O[C@H](CO[C@]3(C(=O)O)C[C@H](O)[C@@H](NC(C)=O)[C@H]([C@H](O)[C@H](O)CO)O3)[C@H](O)[C@H](O)[C@H]2O)[C@@H]1O. The van der Waals surface area contributed by atoms with E-state index in [4.69, 9.17) is 80.5 Å². The van der Waals surface area contributed by atoms with Crippen LogP contribution in [0.15, 0.2) is 0 Å². The molecular formula is C63H105N3O47. The molecule has 0 aromatic heterocycles. The molecule has 9 rings (SSSR count). The molecule has 50 nitrogen and oxygen atoms in total. The van der Waals surface area contributed by atoms with Crippen LogP contribution in [0.4, 0.5) is 0 Å². The lowest BCUT2D eigenvalue weighted by atomic mass is 9.88. The van der Waals surface area contributed by atoms with Gasteiger partial charge >= 0.3 is 5.97 Å². The van der Waals surface area contributed by atoms with E-state index < -0.39 is 358 Å². The first-order valence-electron chi connectivity index (χ1n) is 36.0. The highest BCUT2D eigenvalue weighted by molar-refractivity contribution is 5.77. The number of hydrogen-bond donors (Lipinski definition) is 29. The molecule has 9 fully saturated rings. The van der Waals surface area contributed by atoms with Gasteiger partial charge in [0.05, 0.1) is 70.6 Å². The molecule has 0 aliphatic carbocycles. The van der Waals surface area contributed by atoms with Gasteiger partial charge in [0, 0.05) is 27.2 Å². The Morgan fingerprint density at radius 3 is 1.32 bits per heavy atom. The lowest BCUT2D eigenvalue weighted by Crippen LogP contribution is -2.71. The Kier molecular flexibility index (Phi) is 32.6. The Hall–Kier alpha value is -3.80. The molecule has 29 N–H and O–H groups in total. The summed E-state index contributed by atoms with van der Waals surface area (Å²) < 4.78 is 101. The summed E-state index contributed by atoms with van der Waals surface area (Å²) in [5.74, 6) is -7.91. The van der Waals surface area contributed by atoms with Crippen LogP contribution in [0.3, 0.4) is 0 Å². The van der Waals surface area contributed by atoms with Gasteiger partial charge in [-0.25, -0.2) is 4.79 Å². The normalized spacial score (nSPS) is 49.2. The van der Waals surface area contributed by atoms with E-state index in [-0.39, 0.29) is 0 Å². The Labute approximate surface area is 639 Å². The fraction of sp³-hybridized carbons (Fsp3) is 0.937. The minimum atomic E-state index is -3.06. The van der Waals surface area contributed by atoms with Crippen LogP contribution in [0.2, 0.25) is 0 Å². The number of carboxylic acids is 1. The fourth-order valence-electron chi connectivity index (χ4n) is 14.5. The third-order valence-corrected chi connectivity index (χ3v) is 20.8. The van der Waals surface area contributed by atoms with E-state index >= 15 is 0 Å². The molecule has 113 heavy (non-hydrogen) atoms. The van der Waals surface area contributed by atoms with E-state index in [1.165, 1.54) is 13.8 Å². The first-order chi connectivity index (χ1) is 53.2. The zero-order chi connectivity index (χ0) is 83.6. The van der Waals surface area contributed by atoms with E-state index in [9.17, 15) is 152 Å². The van der Waals surface area contributed by atoms with Gasteiger partial charge in [0.25, 0.3) is 5.79 Å². The molecule has 9 aliphatic heterocycles. The largest absolute Gasteiger partial charge is 0.477 e. The first kappa shape index (κ1) is 93.1. The van der Waals surface area contributed by atoms with Crippen molar-refractivity contribution in [3.63, 3.8) is 0 Å². The van der Waals surface area contributed by atoms with Crippen molar-refractivity contribution < 1.29 is 232 Å². The van der Waals surface area contributed by atoms with Crippen molar-refractivity contribution in [2.75, 3.05) is 46.2 Å². The summed E-state index contributed by atoms with van der Waals surface area (Å²) in [5.41, 5.74) is 0. The summed E-state index contributed by atoms with van der Waals surface area (Å²) in [6.07, 6.45) is -88.6. The highest BCUT2D eigenvalue weighted by Crippen LogP contribution is 2.41. The second-order valence-electron chi connectivity index (χ2n) is 28.9. The molecule has 9 aliphatic rings. The van der Waals surface area contributed by atoms with Gasteiger partial charge in [-0.2, -0.15) is 0 Å². The second-order valence-corrected chi connectivity index (χ2v) is 28.9. The Balaban J connectivity index is 1.01. The van der Waals surface area contributed by atoms with Crippen LogP contribution in [-0.4, -0.2) is 484 Å². The number of carboxylic acid groups (broad SMARTS) is 1. The summed E-state index contributed by atoms with van der Waals surface area (Å²) in [5, 5.41) is 294. The Morgan fingerprint density at radius 1 is 0.381 bits per heavy atom. The Bertz CT molecular complexity index is 3040. The number of aliphatic carboxylic acids is 1. The number of hydrogen-bond acceptors (Lipinski definition) is 46. The van der Waals surface area contributed by atoms with Gasteiger partial charge in [-0.05, 0) is 13.8 Å². The third-order valence-electron chi connectivity index (χ3n) is 20.8. The molecule has 0 saturated carbocycles. The highest BCUT2D eigenvalue weighted by Gasteiger charge is 2.62. The highest BCUT2D eigenvalue weighted by atomic mass is 16.8. The van der Waals surface area contributed by atoms with Crippen LogP contribution >= 0.6 is 0 Å². The smallest absolute Gasteiger partial charge is 0.364 e. The van der Waals surface area contributed by atoms with E-state index in [2.05, 4.69) is 16.0 Å². The molecule has 9 heterocycles. The predicted molar refractivity (Wildman–Crippen MR) is 346 cm³/mol. The van der Waals surface area contributed by atoms with E-state index in [1.807, 2.05) is 0 Å². The van der Waals surface area contributed by atoms with Gasteiger partial charge in [-0.15, -0.1) is 0 Å². The number of aliphatic hydroxyl groups is 25. The maximum atomic E-state index is 13.6. The van der Waals surface area contributed by atoms with Gasteiger partial charge < -0.3 is 229 Å². The van der Waals surface area contributed by atoms with Gasteiger partial charge in [-0.1, -0.05) is 0 Å². The van der Waals surface area contributed by atoms with Crippen LogP contribution in [0.25, 0.3) is 0 Å². The fourth-order valence-corrected chi connectivity index (χ4v) is 14.5. The number of carbonyl (C=O) groups is 4. The lowest BCUT2D eigenvalue weighted by molar-refractivity contribution is -0.401. The van der Waals surface area contributed by atoms with E-state index in [1.54, 1.807) is 0 Å². The average molecular weight is 1660 g/mol. The first-order valence-corrected chi connectivity index (χ1v) is 36.0. The second kappa shape index (κ2) is 39.6. The minimum Gasteiger partial charge on any atom is -0.477 e. The molecule has 46 atom stereocenters. The molecule has 0 radical (unpaired) electrons. The van der Waals surface area contributed by atoms with Crippen molar-refractivity contribution in [2.24, 2.45) is 0 Å². The summed E-state index contributed by atoms with van der Waals surface area (Å²) in [7, 11) is 0. The van der Waals surface area contributed by atoms with Crippen LogP contribution in [0, 0.1) is 0 Å². The predicted octanol–water partition coefficient (Wildman–Crippen LogP) is -18.9. The molecule has 0 unspecified atom stereocenters. The topological polar surface area (TPSA) is 787 Å². The van der Waals surface area contributed by atoms with Crippen molar-refractivity contribution in [1.29, 1.82) is 0 Å². The van der Waals surface area contributed by atoms with Gasteiger partial charge in [0.1, 0.15) is 201 Å². The van der Waals surface area contributed by atoms with Crippen LogP contribution in [0.1, 0.15) is 41.0 Å². The van der Waals surface area contributed by atoms with Gasteiger partial charge in [0.2, 0.25) is 17.7 Å². The Morgan fingerprint density at radius 2 is 0.788 bits per heavy atom. The standard InChI is InChI=1S/C63H105N3O47/c1-14-30(77)37(84)43(90)57(99-14)110-51-29(66-18(5)74)56(104-24(11-71)49(51)109-61-53(40(87)33(80)21(8-68)102-61)112-58-44(91)38(85)31(78)15(2)100-58)111-52-35(82)25(105-60(46(52)93)108-48-22(9-69)101-54(94)42(89)41(48)88)12-97-55-28(65-17(4)73)36(83)47(23(10-70)103-55)107-59-45(92)39(86)34(81)26(106-59)13-98-63(62(95)96)6-19(75)27(64-16(3)72)50(113-63)32(79)20(76)7-67/h14-15,19-61,67-71,75-94H,6-13H2,1-5H3,(H,64,72)(H,65,73)(H,66,74)(H,95,96)/t14-,15-,19-,20+,21+,22+,23+,24+,25+,26+,27+,28+,29+,30+,31+,32+,33-,34-,35-,36+,37+,38+,39-,40-,41+,42+,43-,44-,45+,46+,47+,48+,49+,50+,51+,52-,53+,54+,55+,56-,57-,58-,59-,60-,61-,63+/m0/s1. The zero-order valence-electron chi connectivity index (χ0n) is 60.8. The monoisotopic (exact) mass is 1660 g/mol. The number of carbonyl (C=O) groups excluding carboxylic acids is 3. The molecule has 0 bridgehead atoms. The number of amides is 3. The van der Waals surface area contributed by atoms with Gasteiger partial charge in [-0.3, -0.25) is 14.4 Å². The van der Waals surface area contributed by atoms with Crippen molar-refractivity contribution in [2.45, 2.75) is 323 Å². The lowest BCUT2D eigenvalue weighted by Gasteiger charge is -2.52. The minimum absolute atomic E-state index is 0.828. The zero-order valence-corrected chi connectivity index (χ0v) is 60.8. The molecule has 0 spiro atoms.